The van der Waals surface area contributed by atoms with Crippen LogP contribution in [0.1, 0.15) is 30.1 Å². The van der Waals surface area contributed by atoms with E-state index in [1.807, 2.05) is 43.3 Å². The second kappa shape index (κ2) is 5.43. The Morgan fingerprint density at radius 3 is 2.40 bits per heavy atom. The molecule has 2 aromatic carbocycles. The minimum absolute atomic E-state index is 0.0313. The van der Waals surface area contributed by atoms with Crippen molar-refractivity contribution in [3.8, 4) is 0 Å². The van der Waals surface area contributed by atoms with E-state index in [-0.39, 0.29) is 5.92 Å². The van der Waals surface area contributed by atoms with Gasteiger partial charge < -0.3 is 5.11 Å². The summed E-state index contributed by atoms with van der Waals surface area (Å²) in [5.41, 5.74) is 2.08. The Hall–Kier alpha value is -2.19. The van der Waals surface area contributed by atoms with Crippen LogP contribution in [0.5, 0.6) is 0 Å². The maximum atomic E-state index is 10.7. The average molecular weight is 263 g/mol. The first-order valence-corrected chi connectivity index (χ1v) is 6.83. The second-order valence-electron chi connectivity index (χ2n) is 5.08. The topological polar surface area (TPSA) is 33.1 Å². The molecule has 0 spiro atoms. The van der Waals surface area contributed by atoms with Crippen molar-refractivity contribution < 1.29 is 5.11 Å². The SMILES string of the molecule is CC(c1ccncc1)C(O)c1cccc2ccccc12. The Morgan fingerprint density at radius 2 is 1.60 bits per heavy atom. The van der Waals surface area contributed by atoms with Crippen molar-refractivity contribution in [1.29, 1.82) is 0 Å². The van der Waals surface area contributed by atoms with Crippen LogP contribution in [0.15, 0.2) is 67.0 Å². The Labute approximate surface area is 118 Å². The zero-order valence-electron chi connectivity index (χ0n) is 11.4. The molecule has 2 nitrogen and oxygen atoms in total. The molecule has 0 aliphatic carbocycles. The maximum absolute atomic E-state index is 10.7. The van der Waals surface area contributed by atoms with Crippen LogP contribution in [0.3, 0.4) is 0 Å². The van der Waals surface area contributed by atoms with E-state index >= 15 is 0 Å². The molecule has 0 radical (unpaired) electrons. The van der Waals surface area contributed by atoms with Gasteiger partial charge in [0.25, 0.3) is 0 Å². The lowest BCUT2D eigenvalue weighted by atomic mass is 9.89. The third-order valence-corrected chi connectivity index (χ3v) is 3.85. The van der Waals surface area contributed by atoms with Crippen LogP contribution in [-0.2, 0) is 0 Å². The zero-order valence-corrected chi connectivity index (χ0v) is 11.4. The molecule has 1 N–H and O–H groups in total. The van der Waals surface area contributed by atoms with Crippen molar-refractivity contribution in [2.75, 3.05) is 0 Å². The smallest absolute Gasteiger partial charge is 0.0861 e. The summed E-state index contributed by atoms with van der Waals surface area (Å²) in [6.45, 7) is 2.04. The number of hydrogen-bond acceptors (Lipinski definition) is 2. The molecule has 2 unspecified atom stereocenters. The van der Waals surface area contributed by atoms with Crippen molar-refractivity contribution in [2.45, 2.75) is 18.9 Å². The molecule has 3 rings (SSSR count). The van der Waals surface area contributed by atoms with Crippen LogP contribution in [-0.4, -0.2) is 10.1 Å². The van der Waals surface area contributed by atoms with E-state index in [0.29, 0.717) is 0 Å². The molecule has 20 heavy (non-hydrogen) atoms. The van der Waals surface area contributed by atoms with Crippen molar-refractivity contribution in [1.82, 2.24) is 4.98 Å². The van der Waals surface area contributed by atoms with Crippen LogP contribution in [0, 0.1) is 0 Å². The molecular formula is C18H17NO. The summed E-state index contributed by atoms with van der Waals surface area (Å²) in [4.78, 5) is 4.03. The fourth-order valence-electron chi connectivity index (χ4n) is 2.63. The lowest BCUT2D eigenvalue weighted by Gasteiger charge is -2.21. The first-order chi connectivity index (χ1) is 9.77. The molecule has 2 atom stereocenters. The summed E-state index contributed by atoms with van der Waals surface area (Å²) in [6, 6.07) is 18.2. The number of aromatic nitrogens is 1. The molecule has 0 aliphatic heterocycles. The molecule has 3 aromatic rings. The van der Waals surface area contributed by atoms with Crippen molar-refractivity contribution in [2.24, 2.45) is 0 Å². The molecule has 1 heterocycles. The summed E-state index contributed by atoms with van der Waals surface area (Å²) < 4.78 is 0. The fraction of sp³-hybridized carbons (Fsp3) is 0.167. The van der Waals surface area contributed by atoms with E-state index in [0.717, 1.165) is 21.9 Å². The minimum Gasteiger partial charge on any atom is -0.388 e. The lowest BCUT2D eigenvalue weighted by Crippen LogP contribution is -2.08. The molecule has 0 aliphatic rings. The van der Waals surface area contributed by atoms with Crippen LogP contribution >= 0.6 is 0 Å². The average Bonchev–Trinajstić information content (AvgIpc) is 2.54. The van der Waals surface area contributed by atoms with Gasteiger partial charge in [0.2, 0.25) is 0 Å². The number of aliphatic hydroxyl groups excluding tert-OH is 1. The quantitative estimate of drug-likeness (QED) is 0.772. The molecular weight excluding hydrogens is 246 g/mol. The number of benzene rings is 2. The Balaban J connectivity index is 2.03. The van der Waals surface area contributed by atoms with Crippen LogP contribution in [0.4, 0.5) is 0 Å². The van der Waals surface area contributed by atoms with E-state index in [2.05, 4.69) is 23.2 Å². The van der Waals surface area contributed by atoms with Gasteiger partial charge in [-0.05, 0) is 34.0 Å². The van der Waals surface area contributed by atoms with Gasteiger partial charge >= 0.3 is 0 Å². The molecule has 0 fully saturated rings. The molecule has 2 heteroatoms. The van der Waals surface area contributed by atoms with E-state index < -0.39 is 6.10 Å². The van der Waals surface area contributed by atoms with E-state index in [9.17, 15) is 5.11 Å². The number of fused-ring (bicyclic) bond motifs is 1. The highest BCUT2D eigenvalue weighted by Crippen LogP contribution is 2.33. The molecule has 0 amide bonds. The Bertz CT molecular complexity index is 703. The Kier molecular flexibility index (Phi) is 3.48. The largest absolute Gasteiger partial charge is 0.388 e. The van der Waals surface area contributed by atoms with Gasteiger partial charge in [-0.2, -0.15) is 0 Å². The number of aliphatic hydroxyl groups is 1. The molecule has 0 saturated heterocycles. The van der Waals surface area contributed by atoms with Gasteiger partial charge in [-0.3, -0.25) is 4.98 Å². The summed E-state index contributed by atoms with van der Waals surface area (Å²) in [5, 5.41) is 13.0. The van der Waals surface area contributed by atoms with Gasteiger partial charge in [0.05, 0.1) is 6.10 Å². The van der Waals surface area contributed by atoms with Crippen molar-refractivity contribution in [3.63, 3.8) is 0 Å². The molecule has 0 bridgehead atoms. The van der Waals surface area contributed by atoms with Crippen molar-refractivity contribution >= 4 is 10.8 Å². The standard InChI is InChI=1S/C18H17NO/c1-13(14-9-11-19-12-10-14)18(20)17-8-4-6-15-5-2-3-7-16(15)17/h2-13,18,20H,1H3. The van der Waals surface area contributed by atoms with E-state index in [1.165, 1.54) is 0 Å². The lowest BCUT2D eigenvalue weighted by molar-refractivity contribution is 0.153. The summed E-state index contributed by atoms with van der Waals surface area (Å²) in [6.07, 6.45) is 3.01. The number of rotatable bonds is 3. The predicted molar refractivity (Wildman–Crippen MR) is 81.6 cm³/mol. The summed E-state index contributed by atoms with van der Waals surface area (Å²) in [7, 11) is 0. The highest BCUT2D eigenvalue weighted by molar-refractivity contribution is 5.86. The zero-order chi connectivity index (χ0) is 13.9. The highest BCUT2D eigenvalue weighted by atomic mass is 16.3. The normalized spacial score (nSPS) is 14.1. The van der Waals surface area contributed by atoms with Gasteiger partial charge in [-0.25, -0.2) is 0 Å². The molecule has 100 valence electrons. The van der Waals surface area contributed by atoms with E-state index in [4.69, 9.17) is 0 Å². The fourth-order valence-corrected chi connectivity index (χ4v) is 2.63. The number of hydrogen-bond donors (Lipinski definition) is 1. The third kappa shape index (κ3) is 2.30. The van der Waals surface area contributed by atoms with Gasteiger partial charge in [-0.15, -0.1) is 0 Å². The van der Waals surface area contributed by atoms with Crippen LogP contribution in [0.25, 0.3) is 10.8 Å². The molecule has 0 saturated carbocycles. The first-order valence-electron chi connectivity index (χ1n) is 6.83. The summed E-state index contributed by atoms with van der Waals surface area (Å²) in [5.74, 6) is 0.0313. The number of nitrogens with zero attached hydrogens (tertiary/aromatic N) is 1. The van der Waals surface area contributed by atoms with Gasteiger partial charge in [0.15, 0.2) is 0 Å². The second-order valence-corrected chi connectivity index (χ2v) is 5.08. The predicted octanol–water partition coefficient (Wildman–Crippen LogP) is 4.07. The summed E-state index contributed by atoms with van der Waals surface area (Å²) >= 11 is 0. The number of pyridine rings is 1. The van der Waals surface area contributed by atoms with Gasteiger partial charge in [0.1, 0.15) is 0 Å². The highest BCUT2D eigenvalue weighted by Gasteiger charge is 2.19. The van der Waals surface area contributed by atoms with Crippen LogP contribution < -0.4 is 0 Å². The van der Waals surface area contributed by atoms with Gasteiger partial charge in [0, 0.05) is 18.3 Å². The Morgan fingerprint density at radius 1 is 0.900 bits per heavy atom. The minimum atomic E-state index is -0.525. The third-order valence-electron chi connectivity index (χ3n) is 3.85. The van der Waals surface area contributed by atoms with Crippen molar-refractivity contribution in [3.05, 3.63) is 78.1 Å². The van der Waals surface area contributed by atoms with Crippen LogP contribution in [0.2, 0.25) is 0 Å². The van der Waals surface area contributed by atoms with Gasteiger partial charge in [-0.1, -0.05) is 49.4 Å². The van der Waals surface area contributed by atoms with E-state index in [1.54, 1.807) is 12.4 Å². The molecule has 1 aromatic heterocycles. The monoisotopic (exact) mass is 263 g/mol. The first kappa shape index (κ1) is 12.8. The maximum Gasteiger partial charge on any atom is 0.0861 e.